The van der Waals surface area contributed by atoms with Crippen LogP contribution in [-0.2, 0) is 4.79 Å². The predicted octanol–water partition coefficient (Wildman–Crippen LogP) is 3.64. The van der Waals surface area contributed by atoms with Crippen LogP contribution >= 0.6 is 0 Å². The summed E-state index contributed by atoms with van der Waals surface area (Å²) in [5.41, 5.74) is 3.59. The Bertz CT molecular complexity index is 805. The zero-order valence-corrected chi connectivity index (χ0v) is 14.7. The first-order valence-electron chi connectivity index (χ1n) is 8.30. The zero-order chi connectivity index (χ0) is 18.9. The number of nitrogens with zero attached hydrogens (tertiary/aromatic N) is 2. The Morgan fingerprint density at radius 1 is 1.27 bits per heavy atom. The summed E-state index contributed by atoms with van der Waals surface area (Å²) in [5, 5.41) is 14.7. The highest BCUT2D eigenvalue weighted by Gasteiger charge is 2.12. The largest absolute Gasteiger partial charge is 0.483 e. The molecule has 0 bridgehead atoms. The molecule has 1 unspecified atom stereocenters. The Balaban J connectivity index is 1.94. The van der Waals surface area contributed by atoms with Crippen molar-refractivity contribution < 1.29 is 14.5 Å². The fraction of sp³-hybridized carbons (Fsp3) is 0.263. The van der Waals surface area contributed by atoms with Crippen LogP contribution in [-0.4, -0.2) is 23.7 Å². The Morgan fingerprint density at radius 3 is 2.69 bits per heavy atom. The van der Waals surface area contributed by atoms with E-state index in [4.69, 9.17) is 4.74 Å². The molecule has 26 heavy (non-hydrogen) atoms. The van der Waals surface area contributed by atoms with E-state index in [-0.39, 0.29) is 12.3 Å². The molecule has 0 radical (unpaired) electrons. The molecule has 0 aliphatic rings. The lowest BCUT2D eigenvalue weighted by molar-refractivity contribution is -0.385. The van der Waals surface area contributed by atoms with Gasteiger partial charge in [0.05, 0.1) is 16.7 Å². The van der Waals surface area contributed by atoms with Crippen molar-refractivity contribution in [1.82, 2.24) is 5.43 Å². The summed E-state index contributed by atoms with van der Waals surface area (Å²) in [6.07, 6.45) is 2.20. The summed E-state index contributed by atoms with van der Waals surface area (Å²) in [6.45, 7) is 3.99. The van der Waals surface area contributed by atoms with Crippen LogP contribution in [0, 0.1) is 10.1 Å². The summed E-state index contributed by atoms with van der Waals surface area (Å²) in [6, 6.07) is 13.7. The van der Waals surface area contributed by atoms with Crippen LogP contribution in [0.3, 0.4) is 0 Å². The molecule has 0 aromatic heterocycles. The molecule has 2 aromatic carbocycles. The molecule has 2 aromatic rings. The van der Waals surface area contributed by atoms with E-state index in [1.54, 1.807) is 18.2 Å². The van der Waals surface area contributed by atoms with Gasteiger partial charge < -0.3 is 4.74 Å². The van der Waals surface area contributed by atoms with Gasteiger partial charge in [0.2, 0.25) is 0 Å². The fourth-order valence-electron chi connectivity index (χ4n) is 2.35. The second-order valence-electron chi connectivity index (χ2n) is 5.74. The van der Waals surface area contributed by atoms with E-state index < -0.39 is 10.8 Å². The monoisotopic (exact) mass is 355 g/mol. The topological polar surface area (TPSA) is 93.8 Å². The first kappa shape index (κ1) is 19.1. The van der Waals surface area contributed by atoms with Gasteiger partial charge in [-0.25, -0.2) is 5.43 Å². The minimum atomic E-state index is -0.502. The second-order valence-corrected chi connectivity index (χ2v) is 5.74. The van der Waals surface area contributed by atoms with Crippen molar-refractivity contribution in [2.75, 3.05) is 6.61 Å². The zero-order valence-electron chi connectivity index (χ0n) is 14.7. The molecule has 0 spiro atoms. The molecule has 7 heteroatoms. The van der Waals surface area contributed by atoms with E-state index in [1.807, 2.05) is 24.3 Å². The highest BCUT2D eigenvalue weighted by atomic mass is 16.6. The Hall–Kier alpha value is -3.22. The fourth-order valence-corrected chi connectivity index (χ4v) is 2.35. The van der Waals surface area contributed by atoms with Gasteiger partial charge in [-0.1, -0.05) is 44.2 Å². The number of hydrogen-bond donors (Lipinski definition) is 1. The number of benzene rings is 2. The van der Waals surface area contributed by atoms with Gasteiger partial charge in [-0.3, -0.25) is 14.9 Å². The highest BCUT2D eigenvalue weighted by molar-refractivity contribution is 5.86. The standard InChI is InChI=1S/C19H21N3O4/c1-3-14(2)16-9-5-7-11-18(16)26-13-19(23)21-20-12-15-8-4-6-10-17(15)22(24)25/h4-12,14H,3,13H2,1-2H3,(H,21,23)/b20-12+. The number of nitro benzene ring substituents is 1. The van der Waals surface area contributed by atoms with Crippen LogP contribution < -0.4 is 10.2 Å². The highest BCUT2D eigenvalue weighted by Crippen LogP contribution is 2.28. The first-order chi connectivity index (χ1) is 12.5. The van der Waals surface area contributed by atoms with E-state index in [1.165, 1.54) is 12.3 Å². The molecule has 7 nitrogen and oxygen atoms in total. The molecular formula is C19H21N3O4. The lowest BCUT2D eigenvalue weighted by Gasteiger charge is -2.15. The van der Waals surface area contributed by atoms with Gasteiger partial charge in [0.15, 0.2) is 6.61 Å². The molecule has 1 N–H and O–H groups in total. The van der Waals surface area contributed by atoms with Crippen LogP contribution in [0.5, 0.6) is 5.75 Å². The summed E-state index contributed by atoms with van der Waals surface area (Å²) in [7, 11) is 0. The summed E-state index contributed by atoms with van der Waals surface area (Å²) >= 11 is 0. The number of hydrazone groups is 1. The molecular weight excluding hydrogens is 334 g/mol. The maximum atomic E-state index is 11.9. The number of nitrogens with one attached hydrogen (secondary N) is 1. The van der Waals surface area contributed by atoms with E-state index in [0.29, 0.717) is 17.2 Å². The Labute approximate surface area is 151 Å². The van der Waals surface area contributed by atoms with Gasteiger partial charge in [-0.05, 0) is 30.0 Å². The van der Waals surface area contributed by atoms with Gasteiger partial charge in [0.1, 0.15) is 5.75 Å². The predicted molar refractivity (Wildman–Crippen MR) is 99.5 cm³/mol. The van der Waals surface area contributed by atoms with Crippen LogP contribution in [0.1, 0.15) is 37.3 Å². The maximum Gasteiger partial charge on any atom is 0.278 e. The number of para-hydroxylation sites is 2. The van der Waals surface area contributed by atoms with Crippen molar-refractivity contribution in [3.63, 3.8) is 0 Å². The number of nitro groups is 1. The first-order valence-corrected chi connectivity index (χ1v) is 8.30. The average molecular weight is 355 g/mol. The third-order valence-electron chi connectivity index (χ3n) is 3.95. The quantitative estimate of drug-likeness (QED) is 0.444. The van der Waals surface area contributed by atoms with Gasteiger partial charge in [0.25, 0.3) is 11.6 Å². The SMILES string of the molecule is CCC(C)c1ccccc1OCC(=O)N/N=C/c1ccccc1[N+](=O)[O-]. The van der Waals surface area contributed by atoms with Crippen molar-refractivity contribution in [3.05, 3.63) is 69.8 Å². The molecule has 0 fully saturated rings. The van der Waals surface area contributed by atoms with Gasteiger partial charge in [-0.2, -0.15) is 5.10 Å². The number of hydrogen-bond acceptors (Lipinski definition) is 5. The summed E-state index contributed by atoms with van der Waals surface area (Å²) in [4.78, 5) is 22.3. The van der Waals surface area contributed by atoms with Crippen molar-refractivity contribution in [1.29, 1.82) is 0 Å². The molecule has 1 amide bonds. The normalized spacial score (nSPS) is 11.9. The van der Waals surface area contributed by atoms with Crippen molar-refractivity contribution >= 4 is 17.8 Å². The van der Waals surface area contributed by atoms with Gasteiger partial charge in [0, 0.05) is 6.07 Å². The van der Waals surface area contributed by atoms with Crippen molar-refractivity contribution in [2.45, 2.75) is 26.2 Å². The minimum absolute atomic E-state index is 0.0794. The number of ether oxygens (including phenoxy) is 1. The third-order valence-corrected chi connectivity index (χ3v) is 3.95. The number of rotatable bonds is 8. The van der Waals surface area contributed by atoms with Crippen LogP contribution in [0.15, 0.2) is 53.6 Å². The van der Waals surface area contributed by atoms with Crippen LogP contribution in [0.4, 0.5) is 5.69 Å². The number of carbonyl (C=O) groups excluding carboxylic acids is 1. The second kappa shape index (κ2) is 9.31. The van der Waals surface area contributed by atoms with Crippen LogP contribution in [0.25, 0.3) is 0 Å². The molecule has 0 saturated carbocycles. The molecule has 2 rings (SSSR count). The maximum absolute atomic E-state index is 11.9. The van der Waals surface area contributed by atoms with Gasteiger partial charge >= 0.3 is 0 Å². The summed E-state index contributed by atoms with van der Waals surface area (Å²) < 4.78 is 5.59. The molecule has 0 aliphatic carbocycles. The lowest BCUT2D eigenvalue weighted by atomic mass is 9.98. The van der Waals surface area contributed by atoms with Crippen molar-refractivity contribution in [3.8, 4) is 5.75 Å². The molecule has 0 aliphatic heterocycles. The number of carbonyl (C=O) groups is 1. The molecule has 0 heterocycles. The Kier molecular flexibility index (Phi) is 6.84. The minimum Gasteiger partial charge on any atom is -0.483 e. The van der Waals surface area contributed by atoms with E-state index >= 15 is 0 Å². The molecule has 136 valence electrons. The van der Waals surface area contributed by atoms with E-state index in [2.05, 4.69) is 24.4 Å². The number of amides is 1. The lowest BCUT2D eigenvalue weighted by Crippen LogP contribution is -2.25. The average Bonchev–Trinajstić information content (AvgIpc) is 2.66. The van der Waals surface area contributed by atoms with Gasteiger partial charge in [-0.15, -0.1) is 0 Å². The molecule has 0 saturated heterocycles. The van der Waals surface area contributed by atoms with Crippen LogP contribution in [0.2, 0.25) is 0 Å². The van der Waals surface area contributed by atoms with E-state index in [0.717, 1.165) is 12.0 Å². The molecule has 1 atom stereocenters. The Morgan fingerprint density at radius 2 is 1.96 bits per heavy atom. The van der Waals surface area contributed by atoms with E-state index in [9.17, 15) is 14.9 Å². The van der Waals surface area contributed by atoms with Crippen molar-refractivity contribution in [2.24, 2.45) is 5.10 Å². The smallest absolute Gasteiger partial charge is 0.278 e. The third kappa shape index (κ3) is 5.14. The summed E-state index contributed by atoms with van der Waals surface area (Å²) in [5.74, 6) is 0.546.